The number of aromatic nitrogens is 2. The first-order chi connectivity index (χ1) is 12.0. The molecule has 0 spiro atoms. The van der Waals surface area contributed by atoms with E-state index in [1.54, 1.807) is 6.92 Å². The van der Waals surface area contributed by atoms with Crippen molar-refractivity contribution in [1.82, 2.24) is 9.97 Å². The van der Waals surface area contributed by atoms with Crippen LogP contribution in [0.15, 0.2) is 29.4 Å². The molecule has 0 amide bonds. The third-order valence-corrected chi connectivity index (χ3v) is 3.81. The van der Waals surface area contributed by atoms with Crippen molar-refractivity contribution in [2.24, 2.45) is 0 Å². The third-order valence-electron chi connectivity index (χ3n) is 2.85. The largest absolute Gasteiger partial charge is 0.534 e. The number of methoxy groups -OCH3 is 1. The van der Waals surface area contributed by atoms with Crippen LogP contribution in [0.3, 0.4) is 0 Å². The van der Waals surface area contributed by atoms with Crippen LogP contribution < -0.4 is 4.18 Å². The molecule has 8 nitrogen and oxygen atoms in total. The molecule has 0 saturated carbocycles. The number of carbonyl (C=O) groups excluding carboxylic acids is 1. The van der Waals surface area contributed by atoms with Crippen LogP contribution in [0, 0.1) is 0 Å². The standard InChI is InChI=1S/C14H11F3N2O6S/c1-7(2)12-19-9(6-24-12)11-10(25-26(21,22)14(15,16)17)5-4-8(18-11)13(20)23-3/h4-6H,1H2,2-3H3. The Labute approximate surface area is 145 Å². The number of hydrogen-bond donors (Lipinski definition) is 0. The molecule has 0 saturated heterocycles. The molecular formula is C14H11F3N2O6S. The van der Waals surface area contributed by atoms with Crippen LogP contribution in [0.1, 0.15) is 23.3 Å². The van der Waals surface area contributed by atoms with Gasteiger partial charge >= 0.3 is 21.6 Å². The van der Waals surface area contributed by atoms with Gasteiger partial charge in [-0.15, -0.1) is 0 Å². The molecule has 2 aromatic heterocycles. The van der Waals surface area contributed by atoms with Gasteiger partial charge in [0, 0.05) is 5.57 Å². The number of esters is 1. The predicted octanol–water partition coefficient (Wildman–Crippen LogP) is 2.78. The summed E-state index contributed by atoms with van der Waals surface area (Å²) in [6, 6.07) is 1.77. The minimum Gasteiger partial charge on any atom is -0.464 e. The summed E-state index contributed by atoms with van der Waals surface area (Å²) in [5.41, 5.74) is -6.19. The van der Waals surface area contributed by atoms with Gasteiger partial charge in [-0.1, -0.05) is 6.58 Å². The summed E-state index contributed by atoms with van der Waals surface area (Å²) in [7, 11) is -4.89. The van der Waals surface area contributed by atoms with Crippen LogP contribution in [-0.4, -0.2) is 37.0 Å². The van der Waals surface area contributed by atoms with Crippen molar-refractivity contribution in [2.75, 3.05) is 7.11 Å². The van der Waals surface area contributed by atoms with Gasteiger partial charge in [-0.05, 0) is 19.1 Å². The maximum Gasteiger partial charge on any atom is 0.534 e. The summed E-state index contributed by atoms with van der Waals surface area (Å²) in [5, 5.41) is 0. The number of pyridine rings is 1. The van der Waals surface area contributed by atoms with Gasteiger partial charge in [0.05, 0.1) is 7.11 Å². The quantitative estimate of drug-likeness (QED) is 0.434. The molecular weight excluding hydrogens is 381 g/mol. The monoisotopic (exact) mass is 392 g/mol. The van der Waals surface area contributed by atoms with Crippen LogP contribution in [-0.2, 0) is 14.9 Å². The Morgan fingerprint density at radius 3 is 2.42 bits per heavy atom. The van der Waals surface area contributed by atoms with E-state index in [1.165, 1.54) is 0 Å². The Morgan fingerprint density at radius 1 is 1.27 bits per heavy atom. The zero-order chi connectivity index (χ0) is 19.7. The average Bonchev–Trinajstić information content (AvgIpc) is 3.03. The molecule has 0 atom stereocenters. The van der Waals surface area contributed by atoms with Crippen molar-refractivity contribution >= 4 is 21.7 Å². The van der Waals surface area contributed by atoms with Crippen LogP contribution in [0.4, 0.5) is 13.2 Å². The molecule has 26 heavy (non-hydrogen) atoms. The third kappa shape index (κ3) is 3.85. The van der Waals surface area contributed by atoms with Crippen molar-refractivity contribution in [3.63, 3.8) is 0 Å². The highest BCUT2D eigenvalue weighted by molar-refractivity contribution is 7.88. The van der Waals surface area contributed by atoms with Crippen molar-refractivity contribution in [3.8, 4) is 17.1 Å². The number of nitrogens with zero attached hydrogens (tertiary/aromatic N) is 2. The Hall–Kier alpha value is -2.89. The molecule has 0 unspecified atom stereocenters. The molecule has 0 aliphatic rings. The Morgan fingerprint density at radius 2 is 1.92 bits per heavy atom. The SMILES string of the molecule is C=C(C)c1nc(-c2nc(C(=O)OC)ccc2OS(=O)(=O)C(F)(F)F)co1. The lowest BCUT2D eigenvalue weighted by Crippen LogP contribution is -2.28. The second-order valence-corrected chi connectivity index (χ2v) is 6.37. The summed E-state index contributed by atoms with van der Waals surface area (Å²) in [6.07, 6.45) is 1.00. The summed E-state index contributed by atoms with van der Waals surface area (Å²) in [4.78, 5) is 19.3. The van der Waals surface area contributed by atoms with Crippen molar-refractivity contribution < 1.29 is 39.7 Å². The van der Waals surface area contributed by atoms with Gasteiger partial charge in [-0.25, -0.2) is 14.8 Å². The molecule has 0 aromatic carbocycles. The smallest absolute Gasteiger partial charge is 0.464 e. The van der Waals surface area contributed by atoms with E-state index < -0.39 is 33.0 Å². The second-order valence-electron chi connectivity index (χ2n) is 4.84. The fraction of sp³-hybridized carbons (Fsp3) is 0.214. The highest BCUT2D eigenvalue weighted by atomic mass is 32.2. The lowest BCUT2D eigenvalue weighted by molar-refractivity contribution is -0.0500. The first-order valence-corrected chi connectivity index (χ1v) is 8.09. The number of carbonyl (C=O) groups is 1. The molecule has 0 fully saturated rings. The van der Waals surface area contributed by atoms with E-state index in [-0.39, 0.29) is 17.3 Å². The fourth-order valence-corrected chi connectivity index (χ4v) is 2.12. The number of alkyl halides is 3. The van der Waals surface area contributed by atoms with E-state index in [1.807, 2.05) is 0 Å². The Kier molecular flexibility index (Phi) is 5.07. The van der Waals surface area contributed by atoms with E-state index in [9.17, 15) is 26.4 Å². The van der Waals surface area contributed by atoms with E-state index in [0.717, 1.165) is 25.5 Å². The lowest BCUT2D eigenvalue weighted by Gasteiger charge is -2.12. The van der Waals surface area contributed by atoms with Crippen molar-refractivity contribution in [3.05, 3.63) is 36.6 Å². The minimum absolute atomic E-state index is 0.0369. The fourth-order valence-electron chi connectivity index (χ4n) is 1.66. The number of rotatable bonds is 5. The molecule has 0 N–H and O–H groups in total. The summed E-state index contributed by atoms with van der Waals surface area (Å²) >= 11 is 0. The first kappa shape index (κ1) is 19.4. The van der Waals surface area contributed by atoms with Gasteiger partial charge < -0.3 is 13.3 Å². The number of allylic oxidation sites excluding steroid dienone is 1. The minimum atomic E-state index is -5.96. The van der Waals surface area contributed by atoms with Gasteiger partial charge in [0.15, 0.2) is 5.75 Å². The highest BCUT2D eigenvalue weighted by Gasteiger charge is 2.49. The molecule has 0 radical (unpaired) electrons. The van der Waals surface area contributed by atoms with Crippen molar-refractivity contribution in [2.45, 2.75) is 12.4 Å². The maximum atomic E-state index is 12.6. The summed E-state index contributed by atoms with van der Waals surface area (Å²) < 4.78 is 73.9. The van der Waals surface area contributed by atoms with E-state index >= 15 is 0 Å². The number of hydrogen-bond acceptors (Lipinski definition) is 8. The topological polar surface area (TPSA) is 109 Å². The Bertz CT molecular complexity index is 965. The molecule has 12 heteroatoms. The molecule has 0 aliphatic heterocycles. The second kappa shape index (κ2) is 6.78. The average molecular weight is 392 g/mol. The van der Waals surface area contributed by atoms with Gasteiger partial charge in [0.2, 0.25) is 5.89 Å². The normalized spacial score (nSPS) is 11.9. The van der Waals surface area contributed by atoms with E-state index in [4.69, 9.17) is 4.42 Å². The Balaban J connectivity index is 2.60. The van der Waals surface area contributed by atoms with Gasteiger partial charge in [-0.3, -0.25) is 0 Å². The van der Waals surface area contributed by atoms with Crippen LogP contribution in [0.25, 0.3) is 17.0 Å². The molecule has 2 aromatic rings. The first-order valence-electron chi connectivity index (χ1n) is 6.68. The van der Waals surface area contributed by atoms with Gasteiger partial charge in [0.25, 0.3) is 0 Å². The van der Waals surface area contributed by atoms with Gasteiger partial charge in [-0.2, -0.15) is 21.6 Å². The number of halogens is 3. The molecule has 2 heterocycles. The predicted molar refractivity (Wildman–Crippen MR) is 81.4 cm³/mol. The van der Waals surface area contributed by atoms with E-state index in [2.05, 4.69) is 25.5 Å². The number of oxazole rings is 1. The van der Waals surface area contributed by atoms with Crippen LogP contribution in [0.2, 0.25) is 0 Å². The van der Waals surface area contributed by atoms with Crippen molar-refractivity contribution in [1.29, 1.82) is 0 Å². The van der Waals surface area contributed by atoms with E-state index in [0.29, 0.717) is 5.57 Å². The highest BCUT2D eigenvalue weighted by Crippen LogP contribution is 2.33. The number of ether oxygens (including phenoxy) is 1. The zero-order valence-corrected chi connectivity index (χ0v) is 14.1. The molecule has 2 rings (SSSR count). The summed E-state index contributed by atoms with van der Waals surface area (Å²) in [5.74, 6) is -1.66. The van der Waals surface area contributed by atoms with Crippen LogP contribution >= 0.6 is 0 Å². The van der Waals surface area contributed by atoms with Crippen LogP contribution in [0.5, 0.6) is 5.75 Å². The summed E-state index contributed by atoms with van der Waals surface area (Å²) in [6.45, 7) is 5.13. The molecule has 0 aliphatic carbocycles. The molecule has 0 bridgehead atoms. The molecule has 140 valence electrons. The lowest BCUT2D eigenvalue weighted by atomic mass is 10.2. The van der Waals surface area contributed by atoms with Gasteiger partial charge in [0.1, 0.15) is 23.3 Å². The zero-order valence-electron chi connectivity index (χ0n) is 13.3. The maximum absolute atomic E-state index is 12.6.